The molecule has 4 nitrogen and oxygen atoms in total. The molecule has 3 aromatic rings. The van der Waals surface area contributed by atoms with Gasteiger partial charge in [-0.25, -0.2) is 4.79 Å². The number of benzene rings is 3. The minimum Gasteiger partial charge on any atom is -0.424 e. The van der Waals surface area contributed by atoms with E-state index in [-0.39, 0.29) is 6.61 Å². The summed E-state index contributed by atoms with van der Waals surface area (Å²) in [7, 11) is 0. The van der Waals surface area contributed by atoms with Crippen LogP contribution in [-0.4, -0.2) is 29.9 Å². The molecule has 1 fully saturated rings. The van der Waals surface area contributed by atoms with E-state index >= 15 is 0 Å². The Bertz CT molecular complexity index is 871. The van der Waals surface area contributed by atoms with Crippen molar-refractivity contribution in [2.24, 2.45) is 0 Å². The standard InChI is InChI=1S/C18H14O4/c19-10-16-17(21-16)18(20)22-15-7-3-6-13-8-11-4-1-2-5-12(11)9-14(13)15/h1-9,16-17,19H,10H2. The maximum absolute atomic E-state index is 12.0. The molecule has 1 aliphatic rings. The quantitative estimate of drug-likeness (QED) is 0.349. The zero-order chi connectivity index (χ0) is 15.1. The van der Waals surface area contributed by atoms with Crippen LogP contribution in [-0.2, 0) is 9.53 Å². The highest BCUT2D eigenvalue weighted by atomic mass is 16.6. The molecule has 1 saturated heterocycles. The van der Waals surface area contributed by atoms with Crippen molar-refractivity contribution in [2.45, 2.75) is 12.2 Å². The van der Waals surface area contributed by atoms with Crippen molar-refractivity contribution in [3.05, 3.63) is 54.6 Å². The summed E-state index contributed by atoms with van der Waals surface area (Å²) in [6.07, 6.45) is -1.08. The van der Waals surface area contributed by atoms with Crippen LogP contribution in [0.5, 0.6) is 5.75 Å². The van der Waals surface area contributed by atoms with Gasteiger partial charge in [0.2, 0.25) is 0 Å². The Balaban J connectivity index is 1.74. The molecule has 4 rings (SSSR count). The lowest BCUT2D eigenvalue weighted by Gasteiger charge is -2.08. The van der Waals surface area contributed by atoms with Crippen LogP contribution in [0.15, 0.2) is 54.6 Å². The summed E-state index contributed by atoms with van der Waals surface area (Å²) in [6.45, 7) is -0.167. The van der Waals surface area contributed by atoms with Crippen LogP contribution >= 0.6 is 0 Å². The normalized spacial score (nSPS) is 20.2. The van der Waals surface area contributed by atoms with Crippen LogP contribution in [0, 0.1) is 0 Å². The number of esters is 1. The molecule has 2 unspecified atom stereocenters. The van der Waals surface area contributed by atoms with Gasteiger partial charge in [0.1, 0.15) is 11.9 Å². The lowest BCUT2D eigenvalue weighted by Crippen LogP contribution is -2.18. The molecule has 0 saturated carbocycles. The lowest BCUT2D eigenvalue weighted by molar-refractivity contribution is -0.135. The van der Waals surface area contributed by atoms with Crippen LogP contribution in [0.3, 0.4) is 0 Å². The van der Waals surface area contributed by atoms with Crippen molar-refractivity contribution in [1.82, 2.24) is 0 Å². The number of hydrogen-bond donors (Lipinski definition) is 1. The fourth-order valence-corrected chi connectivity index (χ4v) is 2.68. The molecule has 0 aliphatic carbocycles. The van der Waals surface area contributed by atoms with Crippen LogP contribution in [0.1, 0.15) is 0 Å². The van der Waals surface area contributed by atoms with Gasteiger partial charge in [-0.05, 0) is 34.4 Å². The molecule has 110 valence electrons. The van der Waals surface area contributed by atoms with E-state index in [1.165, 1.54) is 0 Å². The molecule has 0 aromatic heterocycles. The average molecular weight is 294 g/mol. The highest BCUT2D eigenvalue weighted by Crippen LogP contribution is 2.31. The van der Waals surface area contributed by atoms with Crippen LogP contribution in [0.2, 0.25) is 0 Å². The zero-order valence-electron chi connectivity index (χ0n) is 11.7. The molecule has 22 heavy (non-hydrogen) atoms. The molecule has 0 bridgehead atoms. The number of ether oxygens (including phenoxy) is 2. The second kappa shape index (κ2) is 5.09. The number of fused-ring (bicyclic) bond motifs is 2. The molecule has 4 heteroatoms. The predicted octanol–water partition coefficient (Wildman–Crippen LogP) is 2.66. The van der Waals surface area contributed by atoms with Crippen molar-refractivity contribution in [3.8, 4) is 5.75 Å². The summed E-state index contributed by atoms with van der Waals surface area (Å²) in [5.74, 6) is 0.0557. The lowest BCUT2D eigenvalue weighted by atomic mass is 10.0. The Labute approximate surface area is 126 Å². The first kappa shape index (κ1) is 13.2. The van der Waals surface area contributed by atoms with E-state index in [2.05, 4.69) is 12.1 Å². The zero-order valence-corrected chi connectivity index (χ0v) is 11.7. The van der Waals surface area contributed by atoms with Gasteiger partial charge >= 0.3 is 5.97 Å². The number of aliphatic hydroxyl groups is 1. The van der Waals surface area contributed by atoms with Crippen molar-refractivity contribution in [3.63, 3.8) is 0 Å². The van der Waals surface area contributed by atoms with Crippen molar-refractivity contribution in [2.75, 3.05) is 6.61 Å². The van der Waals surface area contributed by atoms with Gasteiger partial charge in [0.15, 0.2) is 6.10 Å². The molecule has 0 amide bonds. The van der Waals surface area contributed by atoms with Gasteiger partial charge in [0.25, 0.3) is 0 Å². The van der Waals surface area contributed by atoms with E-state index in [1.54, 1.807) is 6.07 Å². The summed E-state index contributed by atoms with van der Waals surface area (Å²) >= 11 is 0. The summed E-state index contributed by atoms with van der Waals surface area (Å²) in [5.41, 5.74) is 0. The van der Waals surface area contributed by atoms with Gasteiger partial charge in [-0.2, -0.15) is 0 Å². The highest BCUT2D eigenvalue weighted by molar-refractivity contribution is 6.01. The molecule has 1 N–H and O–H groups in total. The van der Waals surface area contributed by atoms with E-state index in [9.17, 15) is 4.79 Å². The van der Waals surface area contributed by atoms with Gasteiger partial charge in [-0.1, -0.05) is 36.4 Å². The van der Waals surface area contributed by atoms with E-state index < -0.39 is 18.2 Å². The molecule has 0 radical (unpaired) electrons. The summed E-state index contributed by atoms with van der Waals surface area (Å²) < 4.78 is 10.5. The number of epoxide rings is 1. The number of carbonyl (C=O) groups excluding carboxylic acids is 1. The third-order valence-electron chi connectivity index (χ3n) is 3.91. The van der Waals surface area contributed by atoms with Gasteiger partial charge in [-0.15, -0.1) is 0 Å². The van der Waals surface area contributed by atoms with Gasteiger partial charge in [0.05, 0.1) is 6.61 Å². The van der Waals surface area contributed by atoms with Crippen LogP contribution in [0.4, 0.5) is 0 Å². The van der Waals surface area contributed by atoms with E-state index in [1.807, 2.05) is 36.4 Å². The van der Waals surface area contributed by atoms with Crippen LogP contribution in [0.25, 0.3) is 21.5 Å². The third kappa shape index (κ3) is 2.22. The Kier molecular flexibility index (Phi) is 3.06. The van der Waals surface area contributed by atoms with Gasteiger partial charge in [0, 0.05) is 5.39 Å². The second-order valence-corrected chi connectivity index (χ2v) is 5.38. The molecule has 0 spiro atoms. The molecule has 1 heterocycles. The number of carbonyl (C=O) groups is 1. The molecular formula is C18H14O4. The number of rotatable bonds is 3. The Morgan fingerprint density at radius 2 is 1.77 bits per heavy atom. The molecular weight excluding hydrogens is 280 g/mol. The first-order valence-electron chi connectivity index (χ1n) is 7.16. The Morgan fingerprint density at radius 1 is 1.05 bits per heavy atom. The van der Waals surface area contributed by atoms with E-state index in [0.29, 0.717) is 5.75 Å². The third-order valence-corrected chi connectivity index (χ3v) is 3.91. The van der Waals surface area contributed by atoms with Gasteiger partial charge < -0.3 is 14.6 Å². The fraction of sp³-hybridized carbons (Fsp3) is 0.167. The Hall–Kier alpha value is -2.43. The van der Waals surface area contributed by atoms with E-state index in [4.69, 9.17) is 14.6 Å². The number of hydrogen-bond acceptors (Lipinski definition) is 4. The second-order valence-electron chi connectivity index (χ2n) is 5.38. The molecule has 1 aliphatic heterocycles. The minimum atomic E-state index is -0.652. The van der Waals surface area contributed by atoms with Crippen molar-refractivity contribution < 1.29 is 19.4 Å². The van der Waals surface area contributed by atoms with Gasteiger partial charge in [-0.3, -0.25) is 0 Å². The summed E-state index contributed by atoms with van der Waals surface area (Å²) in [6, 6.07) is 17.8. The minimum absolute atomic E-state index is 0.167. The van der Waals surface area contributed by atoms with Crippen molar-refractivity contribution >= 4 is 27.5 Å². The summed E-state index contributed by atoms with van der Waals surface area (Å²) in [5, 5.41) is 13.1. The predicted molar refractivity (Wildman–Crippen MR) is 82.8 cm³/mol. The first-order valence-corrected chi connectivity index (χ1v) is 7.16. The largest absolute Gasteiger partial charge is 0.424 e. The molecule has 2 atom stereocenters. The number of aliphatic hydroxyl groups excluding tert-OH is 1. The smallest absolute Gasteiger partial charge is 0.343 e. The average Bonchev–Trinajstić information content (AvgIpc) is 3.33. The fourth-order valence-electron chi connectivity index (χ4n) is 2.68. The monoisotopic (exact) mass is 294 g/mol. The summed E-state index contributed by atoms with van der Waals surface area (Å²) in [4.78, 5) is 12.0. The SMILES string of the molecule is O=C(Oc1cccc2cc3ccccc3cc12)C1OC1CO. The first-order chi connectivity index (χ1) is 10.8. The van der Waals surface area contributed by atoms with Crippen molar-refractivity contribution in [1.29, 1.82) is 0 Å². The Morgan fingerprint density at radius 3 is 2.50 bits per heavy atom. The topological polar surface area (TPSA) is 59.1 Å². The van der Waals surface area contributed by atoms with E-state index in [0.717, 1.165) is 21.5 Å². The maximum Gasteiger partial charge on any atom is 0.343 e. The van der Waals surface area contributed by atoms with Crippen LogP contribution < -0.4 is 4.74 Å². The highest BCUT2D eigenvalue weighted by Gasteiger charge is 2.46. The maximum atomic E-state index is 12.0. The molecule has 3 aromatic carbocycles.